The van der Waals surface area contributed by atoms with Crippen molar-refractivity contribution in [1.82, 2.24) is 4.98 Å². The van der Waals surface area contributed by atoms with Gasteiger partial charge in [0.25, 0.3) is 0 Å². The van der Waals surface area contributed by atoms with E-state index in [-0.39, 0.29) is 18.9 Å². The highest BCUT2D eigenvalue weighted by Gasteiger charge is 2.34. The van der Waals surface area contributed by atoms with E-state index in [4.69, 9.17) is 9.52 Å². The van der Waals surface area contributed by atoms with Crippen molar-refractivity contribution in [2.24, 2.45) is 5.92 Å². The second-order valence-corrected chi connectivity index (χ2v) is 4.66. The molecular formula is C14H12N2O4. The van der Waals surface area contributed by atoms with E-state index < -0.39 is 11.9 Å². The van der Waals surface area contributed by atoms with Gasteiger partial charge in [-0.05, 0) is 24.3 Å². The van der Waals surface area contributed by atoms with Crippen LogP contribution in [0.2, 0.25) is 0 Å². The van der Waals surface area contributed by atoms with Gasteiger partial charge in [0.2, 0.25) is 5.91 Å². The molecule has 0 bridgehead atoms. The predicted octanol–water partition coefficient (Wildman–Crippen LogP) is 1.78. The molecule has 2 heterocycles. The zero-order valence-electron chi connectivity index (χ0n) is 10.5. The van der Waals surface area contributed by atoms with Gasteiger partial charge in [0, 0.05) is 24.2 Å². The number of rotatable bonds is 3. The molecule has 6 heteroatoms. The summed E-state index contributed by atoms with van der Waals surface area (Å²) in [6, 6.07) is 7.19. The number of aromatic nitrogens is 1. The molecule has 0 spiro atoms. The highest BCUT2D eigenvalue weighted by molar-refractivity contribution is 5.99. The van der Waals surface area contributed by atoms with E-state index in [2.05, 4.69) is 4.98 Å². The Morgan fingerprint density at radius 1 is 1.35 bits per heavy atom. The number of carbonyl (C=O) groups excluding carboxylic acids is 1. The summed E-state index contributed by atoms with van der Waals surface area (Å²) in [7, 11) is 0. The van der Waals surface area contributed by atoms with Gasteiger partial charge in [-0.25, -0.2) is 4.98 Å². The Labute approximate surface area is 114 Å². The van der Waals surface area contributed by atoms with Crippen LogP contribution in [0.15, 0.2) is 41.3 Å². The van der Waals surface area contributed by atoms with Crippen LogP contribution >= 0.6 is 0 Å². The largest absolute Gasteiger partial charge is 0.481 e. The number of oxazole rings is 1. The fraction of sp³-hybridized carbons (Fsp3) is 0.214. The number of benzene rings is 1. The van der Waals surface area contributed by atoms with Crippen molar-refractivity contribution >= 4 is 17.6 Å². The molecule has 1 N–H and O–H groups in total. The number of hydrogen-bond acceptors (Lipinski definition) is 4. The third-order valence-corrected chi connectivity index (χ3v) is 3.37. The number of carboxylic acids is 1. The molecule has 1 unspecified atom stereocenters. The summed E-state index contributed by atoms with van der Waals surface area (Å²) < 4.78 is 5.19. The highest BCUT2D eigenvalue weighted by atomic mass is 16.4. The maximum Gasteiger partial charge on any atom is 0.308 e. The molecule has 1 aliphatic heterocycles. The zero-order valence-corrected chi connectivity index (χ0v) is 10.5. The van der Waals surface area contributed by atoms with Gasteiger partial charge >= 0.3 is 5.97 Å². The molecule has 6 nitrogen and oxygen atoms in total. The minimum atomic E-state index is -0.931. The smallest absolute Gasteiger partial charge is 0.308 e. The molecule has 0 radical (unpaired) electrons. The Morgan fingerprint density at radius 2 is 2.10 bits per heavy atom. The van der Waals surface area contributed by atoms with Gasteiger partial charge in [-0.15, -0.1) is 0 Å². The molecule has 1 amide bonds. The lowest BCUT2D eigenvalue weighted by Crippen LogP contribution is -2.25. The number of nitrogens with zero attached hydrogens (tertiary/aromatic N) is 2. The summed E-state index contributed by atoms with van der Waals surface area (Å²) in [6.07, 6.45) is 3.01. The predicted molar refractivity (Wildman–Crippen MR) is 70.0 cm³/mol. The van der Waals surface area contributed by atoms with Crippen LogP contribution in [0, 0.1) is 5.92 Å². The van der Waals surface area contributed by atoms with E-state index in [0.29, 0.717) is 11.4 Å². The van der Waals surface area contributed by atoms with Crippen molar-refractivity contribution in [3.8, 4) is 11.3 Å². The molecule has 1 fully saturated rings. The number of hydrogen-bond donors (Lipinski definition) is 1. The van der Waals surface area contributed by atoms with Crippen molar-refractivity contribution in [2.45, 2.75) is 6.42 Å². The Balaban J connectivity index is 1.82. The monoisotopic (exact) mass is 272 g/mol. The zero-order chi connectivity index (χ0) is 14.1. The third kappa shape index (κ3) is 2.16. The summed E-state index contributed by atoms with van der Waals surface area (Å²) in [6.45, 7) is 0.218. The topological polar surface area (TPSA) is 83.6 Å². The molecule has 1 saturated heterocycles. The molecule has 1 aromatic carbocycles. The second-order valence-electron chi connectivity index (χ2n) is 4.66. The molecule has 3 rings (SSSR count). The SMILES string of the molecule is O=C(O)C1CC(=O)N(c2ccc(-c3cnco3)cc2)C1. The minimum Gasteiger partial charge on any atom is -0.481 e. The van der Waals surface area contributed by atoms with E-state index in [1.807, 2.05) is 12.1 Å². The van der Waals surface area contributed by atoms with Crippen molar-refractivity contribution in [2.75, 3.05) is 11.4 Å². The van der Waals surface area contributed by atoms with Crippen molar-refractivity contribution in [3.63, 3.8) is 0 Å². The summed E-state index contributed by atoms with van der Waals surface area (Å²) in [5.74, 6) is -1.08. The van der Waals surface area contributed by atoms with Gasteiger partial charge in [-0.1, -0.05) is 0 Å². The normalized spacial score (nSPS) is 18.5. The standard InChI is InChI=1S/C14H12N2O4/c17-13-5-10(14(18)19)7-16(13)11-3-1-9(2-4-11)12-6-15-8-20-12/h1-4,6,8,10H,5,7H2,(H,18,19). The lowest BCUT2D eigenvalue weighted by Gasteiger charge is -2.16. The molecule has 1 aliphatic rings. The van der Waals surface area contributed by atoms with Crippen LogP contribution in [0.5, 0.6) is 0 Å². The first-order valence-corrected chi connectivity index (χ1v) is 6.17. The first-order chi connectivity index (χ1) is 9.65. The van der Waals surface area contributed by atoms with Gasteiger partial charge in [-0.3, -0.25) is 9.59 Å². The maximum absolute atomic E-state index is 11.8. The number of carbonyl (C=O) groups is 2. The second kappa shape index (κ2) is 4.80. The third-order valence-electron chi connectivity index (χ3n) is 3.37. The van der Waals surface area contributed by atoms with Gasteiger partial charge in [0.05, 0.1) is 12.1 Å². The van der Waals surface area contributed by atoms with E-state index in [9.17, 15) is 9.59 Å². The summed E-state index contributed by atoms with van der Waals surface area (Å²) in [4.78, 5) is 28.1. The Morgan fingerprint density at radius 3 is 2.65 bits per heavy atom. The number of aliphatic carboxylic acids is 1. The van der Waals surface area contributed by atoms with Crippen molar-refractivity contribution in [1.29, 1.82) is 0 Å². The molecule has 102 valence electrons. The lowest BCUT2D eigenvalue weighted by atomic mass is 10.1. The molecule has 1 aromatic heterocycles. The first-order valence-electron chi connectivity index (χ1n) is 6.17. The van der Waals surface area contributed by atoms with Crippen LogP contribution in [0.4, 0.5) is 5.69 Å². The van der Waals surface area contributed by atoms with Gasteiger partial charge < -0.3 is 14.4 Å². The molecule has 2 aromatic rings. The number of carboxylic acid groups (broad SMARTS) is 1. The first kappa shape index (κ1) is 12.4. The molecule has 20 heavy (non-hydrogen) atoms. The van der Waals surface area contributed by atoms with Crippen LogP contribution < -0.4 is 4.90 Å². The average Bonchev–Trinajstić information content (AvgIpc) is 3.08. The van der Waals surface area contributed by atoms with E-state index in [1.165, 1.54) is 11.3 Å². The van der Waals surface area contributed by atoms with Crippen LogP contribution in [0.3, 0.4) is 0 Å². The summed E-state index contributed by atoms with van der Waals surface area (Å²) in [5, 5.41) is 8.97. The molecular weight excluding hydrogens is 260 g/mol. The molecule has 0 saturated carbocycles. The van der Waals surface area contributed by atoms with Crippen molar-refractivity contribution in [3.05, 3.63) is 36.9 Å². The average molecular weight is 272 g/mol. The van der Waals surface area contributed by atoms with E-state index in [0.717, 1.165) is 5.56 Å². The van der Waals surface area contributed by atoms with Crippen LogP contribution in [0.25, 0.3) is 11.3 Å². The van der Waals surface area contributed by atoms with Gasteiger partial charge in [-0.2, -0.15) is 0 Å². The van der Waals surface area contributed by atoms with Crippen LogP contribution in [-0.4, -0.2) is 28.5 Å². The van der Waals surface area contributed by atoms with Crippen molar-refractivity contribution < 1.29 is 19.1 Å². The fourth-order valence-electron chi connectivity index (χ4n) is 2.29. The van der Waals surface area contributed by atoms with Gasteiger partial charge in [0.15, 0.2) is 12.2 Å². The number of anilines is 1. The Bertz CT molecular complexity index is 634. The van der Waals surface area contributed by atoms with E-state index in [1.54, 1.807) is 18.3 Å². The number of amides is 1. The highest BCUT2D eigenvalue weighted by Crippen LogP contribution is 2.27. The van der Waals surface area contributed by atoms with Crippen LogP contribution in [0.1, 0.15) is 6.42 Å². The van der Waals surface area contributed by atoms with Crippen LogP contribution in [-0.2, 0) is 9.59 Å². The minimum absolute atomic E-state index is 0.0548. The molecule has 1 atom stereocenters. The molecule has 0 aliphatic carbocycles. The quantitative estimate of drug-likeness (QED) is 0.920. The summed E-state index contributed by atoms with van der Waals surface area (Å²) in [5.41, 5.74) is 1.55. The Hall–Kier alpha value is -2.63. The fourth-order valence-corrected chi connectivity index (χ4v) is 2.29. The maximum atomic E-state index is 11.8. The Kier molecular flexibility index (Phi) is 2.98. The lowest BCUT2D eigenvalue weighted by molar-refractivity contribution is -0.141. The van der Waals surface area contributed by atoms with E-state index >= 15 is 0 Å². The summed E-state index contributed by atoms with van der Waals surface area (Å²) >= 11 is 0. The van der Waals surface area contributed by atoms with Gasteiger partial charge in [0.1, 0.15) is 0 Å².